The van der Waals surface area contributed by atoms with Crippen molar-refractivity contribution in [2.24, 2.45) is 5.84 Å². The van der Waals surface area contributed by atoms with Crippen molar-refractivity contribution in [3.8, 4) is 17.1 Å². The lowest BCUT2D eigenvalue weighted by Gasteiger charge is -2.19. The fraction of sp³-hybridized carbons (Fsp3) is 0.238. The third-order valence-electron chi connectivity index (χ3n) is 4.37. The van der Waals surface area contributed by atoms with E-state index in [-0.39, 0.29) is 0 Å². The van der Waals surface area contributed by atoms with Gasteiger partial charge in [-0.15, -0.1) is 0 Å². The van der Waals surface area contributed by atoms with Crippen LogP contribution in [0.1, 0.15) is 22.4 Å². The molecule has 0 unspecified atom stereocenters. The minimum atomic E-state index is 0.463. The van der Waals surface area contributed by atoms with Gasteiger partial charge in [-0.2, -0.15) is 0 Å². The summed E-state index contributed by atoms with van der Waals surface area (Å²) in [6.07, 6.45) is 1.78. The number of ether oxygens (including phenoxy) is 1. The molecule has 0 atom stereocenters. The van der Waals surface area contributed by atoms with Gasteiger partial charge < -0.3 is 9.75 Å². The molecule has 0 bridgehead atoms. The molecule has 0 saturated heterocycles. The molecule has 0 saturated carbocycles. The van der Waals surface area contributed by atoms with Crippen molar-refractivity contribution >= 4 is 5.69 Å². The summed E-state index contributed by atoms with van der Waals surface area (Å²) >= 11 is 0. The number of anilines is 1. The number of nitrogens with zero attached hydrogens (tertiary/aromatic N) is 3. The molecule has 0 spiro atoms. The molecule has 1 heterocycles. The molecule has 1 aromatic heterocycles. The summed E-state index contributed by atoms with van der Waals surface area (Å²) in [6.45, 7) is 6.52. The van der Waals surface area contributed by atoms with E-state index in [0.29, 0.717) is 6.61 Å². The molecule has 0 aliphatic carbocycles. The highest BCUT2D eigenvalue weighted by Gasteiger charge is 2.10. The maximum atomic E-state index is 6.09. The number of hydrazine groups is 1. The van der Waals surface area contributed by atoms with Gasteiger partial charge in [-0.05, 0) is 62.2 Å². The maximum Gasteiger partial charge on any atom is 0.159 e. The van der Waals surface area contributed by atoms with Crippen LogP contribution in [-0.4, -0.2) is 17.0 Å². The van der Waals surface area contributed by atoms with E-state index < -0.39 is 0 Å². The summed E-state index contributed by atoms with van der Waals surface area (Å²) < 4.78 is 6.09. The van der Waals surface area contributed by atoms with Crippen LogP contribution in [-0.2, 0) is 6.61 Å². The smallest absolute Gasteiger partial charge is 0.159 e. The number of benzene rings is 2. The molecule has 0 aliphatic heterocycles. The Kier molecular flexibility index (Phi) is 5.19. The van der Waals surface area contributed by atoms with Crippen LogP contribution in [0, 0.1) is 20.8 Å². The summed E-state index contributed by atoms with van der Waals surface area (Å²) in [5.41, 5.74) is 6.18. The Morgan fingerprint density at radius 2 is 1.85 bits per heavy atom. The first-order valence-corrected chi connectivity index (χ1v) is 8.56. The van der Waals surface area contributed by atoms with Gasteiger partial charge in [0.25, 0.3) is 0 Å². The van der Waals surface area contributed by atoms with Crippen LogP contribution in [0.15, 0.2) is 48.7 Å². The van der Waals surface area contributed by atoms with Gasteiger partial charge in [-0.25, -0.2) is 15.8 Å². The van der Waals surface area contributed by atoms with E-state index in [9.17, 15) is 0 Å². The molecule has 5 heteroatoms. The summed E-state index contributed by atoms with van der Waals surface area (Å²) in [7, 11) is 1.83. The molecule has 3 rings (SSSR count). The molecule has 2 N–H and O–H groups in total. The van der Waals surface area contributed by atoms with Crippen molar-refractivity contribution in [1.29, 1.82) is 0 Å². The van der Waals surface area contributed by atoms with Crippen LogP contribution in [0.5, 0.6) is 5.75 Å². The Labute approximate surface area is 154 Å². The standard InChI is InChI=1S/C21H24N4O/c1-14-6-5-7-19(25(4)22)18(14)13-26-20-9-8-17(12-15(20)2)21-23-11-10-16(3)24-21/h5-12H,13,22H2,1-4H3. The highest BCUT2D eigenvalue weighted by atomic mass is 16.5. The largest absolute Gasteiger partial charge is 0.489 e. The number of rotatable bonds is 5. The van der Waals surface area contributed by atoms with Gasteiger partial charge in [0.15, 0.2) is 5.82 Å². The fourth-order valence-corrected chi connectivity index (χ4v) is 2.89. The maximum absolute atomic E-state index is 6.09. The second-order valence-corrected chi connectivity index (χ2v) is 6.47. The minimum Gasteiger partial charge on any atom is -0.489 e. The lowest BCUT2D eigenvalue weighted by Crippen LogP contribution is -2.26. The molecular formula is C21H24N4O. The lowest BCUT2D eigenvalue weighted by molar-refractivity contribution is 0.303. The molecule has 26 heavy (non-hydrogen) atoms. The van der Waals surface area contributed by atoms with E-state index >= 15 is 0 Å². The Morgan fingerprint density at radius 3 is 2.54 bits per heavy atom. The van der Waals surface area contributed by atoms with Crippen molar-refractivity contribution in [2.75, 3.05) is 12.1 Å². The predicted octanol–water partition coefficient (Wildman–Crippen LogP) is 3.96. The Balaban J connectivity index is 1.82. The van der Waals surface area contributed by atoms with Crippen molar-refractivity contribution in [2.45, 2.75) is 27.4 Å². The van der Waals surface area contributed by atoms with Gasteiger partial charge in [0.05, 0.1) is 5.69 Å². The fourth-order valence-electron chi connectivity index (χ4n) is 2.89. The summed E-state index contributed by atoms with van der Waals surface area (Å²) in [5, 5.41) is 1.62. The number of aryl methyl sites for hydroxylation is 3. The third kappa shape index (κ3) is 3.83. The zero-order chi connectivity index (χ0) is 18.7. The Bertz CT molecular complexity index is 922. The van der Waals surface area contributed by atoms with Crippen LogP contribution < -0.4 is 15.6 Å². The van der Waals surface area contributed by atoms with Gasteiger partial charge in [0.1, 0.15) is 12.4 Å². The van der Waals surface area contributed by atoms with Gasteiger partial charge in [-0.1, -0.05) is 12.1 Å². The predicted molar refractivity (Wildman–Crippen MR) is 105 cm³/mol. The van der Waals surface area contributed by atoms with E-state index in [1.54, 1.807) is 11.2 Å². The van der Waals surface area contributed by atoms with Crippen molar-refractivity contribution in [3.05, 3.63) is 71.0 Å². The van der Waals surface area contributed by atoms with Crippen molar-refractivity contribution < 1.29 is 4.74 Å². The minimum absolute atomic E-state index is 0.463. The lowest BCUT2D eigenvalue weighted by atomic mass is 10.1. The van der Waals surface area contributed by atoms with Crippen LogP contribution in [0.2, 0.25) is 0 Å². The van der Waals surface area contributed by atoms with E-state index in [1.807, 2.05) is 51.2 Å². The monoisotopic (exact) mass is 348 g/mol. The zero-order valence-corrected chi connectivity index (χ0v) is 15.7. The summed E-state index contributed by atoms with van der Waals surface area (Å²) in [5.74, 6) is 7.51. The summed E-state index contributed by atoms with van der Waals surface area (Å²) in [4.78, 5) is 8.82. The first-order chi connectivity index (χ1) is 12.5. The van der Waals surface area contributed by atoms with Crippen molar-refractivity contribution in [3.63, 3.8) is 0 Å². The first-order valence-electron chi connectivity index (χ1n) is 8.56. The Morgan fingerprint density at radius 1 is 1.04 bits per heavy atom. The van der Waals surface area contributed by atoms with Gasteiger partial charge in [0.2, 0.25) is 0 Å². The van der Waals surface area contributed by atoms with E-state index in [2.05, 4.69) is 29.0 Å². The second kappa shape index (κ2) is 7.54. The van der Waals surface area contributed by atoms with Crippen LogP contribution in [0.4, 0.5) is 5.69 Å². The molecule has 0 amide bonds. The molecular weight excluding hydrogens is 324 g/mol. The molecule has 0 aliphatic rings. The highest BCUT2D eigenvalue weighted by Crippen LogP contribution is 2.27. The third-order valence-corrected chi connectivity index (χ3v) is 4.37. The van der Waals surface area contributed by atoms with Crippen LogP contribution >= 0.6 is 0 Å². The topological polar surface area (TPSA) is 64.3 Å². The molecule has 0 radical (unpaired) electrons. The number of hydrogen-bond acceptors (Lipinski definition) is 5. The highest BCUT2D eigenvalue weighted by molar-refractivity contribution is 5.59. The zero-order valence-electron chi connectivity index (χ0n) is 15.7. The van der Waals surface area contributed by atoms with Crippen LogP contribution in [0.25, 0.3) is 11.4 Å². The van der Waals surface area contributed by atoms with Gasteiger partial charge in [0, 0.05) is 30.1 Å². The molecule has 3 aromatic rings. The van der Waals surface area contributed by atoms with E-state index in [1.165, 1.54) is 0 Å². The molecule has 134 valence electrons. The molecule has 2 aromatic carbocycles. The average Bonchev–Trinajstić information content (AvgIpc) is 2.61. The van der Waals surface area contributed by atoms with E-state index in [0.717, 1.165) is 45.2 Å². The van der Waals surface area contributed by atoms with E-state index in [4.69, 9.17) is 10.6 Å². The summed E-state index contributed by atoms with van der Waals surface area (Å²) in [6, 6.07) is 14.0. The number of aromatic nitrogens is 2. The second-order valence-electron chi connectivity index (χ2n) is 6.47. The first kappa shape index (κ1) is 17.9. The quantitative estimate of drug-likeness (QED) is 0.558. The molecule has 5 nitrogen and oxygen atoms in total. The SMILES string of the molecule is Cc1ccnc(-c2ccc(OCc3c(C)cccc3N(C)N)c(C)c2)n1. The average molecular weight is 348 g/mol. The number of nitrogens with two attached hydrogens (primary N) is 1. The van der Waals surface area contributed by atoms with Crippen LogP contribution in [0.3, 0.4) is 0 Å². The Hall–Kier alpha value is -2.92. The number of hydrogen-bond donors (Lipinski definition) is 1. The van der Waals surface area contributed by atoms with Gasteiger partial charge >= 0.3 is 0 Å². The van der Waals surface area contributed by atoms with Gasteiger partial charge in [-0.3, -0.25) is 0 Å². The molecule has 0 fully saturated rings. The normalized spacial score (nSPS) is 10.7. The van der Waals surface area contributed by atoms with Crippen molar-refractivity contribution in [1.82, 2.24) is 9.97 Å².